The molecule has 5 heteroatoms. The van der Waals surface area contributed by atoms with Gasteiger partial charge in [-0.1, -0.05) is 158 Å². The summed E-state index contributed by atoms with van der Waals surface area (Å²) >= 11 is 0. The van der Waals surface area contributed by atoms with E-state index in [-0.39, 0.29) is 5.69 Å². The highest BCUT2D eigenvalue weighted by atomic mass is 16.1. The van der Waals surface area contributed by atoms with Crippen LogP contribution in [-0.2, 0) is 14.1 Å². The van der Waals surface area contributed by atoms with Crippen molar-refractivity contribution in [3.63, 3.8) is 0 Å². The molecule has 52 heavy (non-hydrogen) atoms. The molecular weight excluding hydrogens is 637 g/mol. The van der Waals surface area contributed by atoms with Crippen molar-refractivity contribution in [2.45, 2.75) is 0 Å². The van der Waals surface area contributed by atoms with E-state index in [2.05, 4.69) is 121 Å². The first-order chi connectivity index (χ1) is 25.5. The van der Waals surface area contributed by atoms with E-state index in [1.54, 1.807) is 9.13 Å². The summed E-state index contributed by atoms with van der Waals surface area (Å²) in [7, 11) is 3.66. The number of hydrogen-bond donors (Lipinski definition) is 0. The molecule has 0 aliphatic carbocycles. The van der Waals surface area contributed by atoms with E-state index in [0.29, 0.717) is 5.82 Å². The van der Waals surface area contributed by atoms with Gasteiger partial charge in [-0.15, -0.1) is 0 Å². The van der Waals surface area contributed by atoms with Crippen molar-refractivity contribution in [2.75, 3.05) is 0 Å². The molecule has 9 aromatic rings. The third-order valence-electron chi connectivity index (χ3n) is 10.0. The Hall–Kier alpha value is -6.85. The van der Waals surface area contributed by atoms with Gasteiger partial charge in [-0.3, -0.25) is 9.13 Å². The first-order valence-corrected chi connectivity index (χ1v) is 17.4. The van der Waals surface area contributed by atoms with E-state index < -0.39 is 0 Å². The minimum absolute atomic E-state index is 0.0244. The Morgan fingerprint density at radius 2 is 0.865 bits per heavy atom. The molecule has 0 spiro atoms. The standard InChI is InChI=1S/C47H34N4O/c1-50-44-19-11-18-39(45(44)51(2)47(50)52)33-22-20-31(21-23-33)37-28-29-38(41-17-10-9-16-40(37)41)32-24-26-35(27-25-32)43-30-42(34-12-5-3-6-13-34)48-46(49-43)36-14-7-4-8-15-36/h3-30H,1-2H3. The average molecular weight is 671 g/mol. The van der Waals surface area contributed by atoms with Crippen LogP contribution in [0.2, 0.25) is 0 Å². The lowest BCUT2D eigenvalue weighted by Crippen LogP contribution is -2.19. The molecule has 0 amide bonds. The van der Waals surface area contributed by atoms with Crippen LogP contribution < -0.4 is 5.69 Å². The second-order valence-electron chi connectivity index (χ2n) is 13.1. The quantitative estimate of drug-likeness (QED) is 0.177. The average Bonchev–Trinajstić information content (AvgIpc) is 3.44. The van der Waals surface area contributed by atoms with Crippen LogP contribution in [0.15, 0.2) is 175 Å². The molecule has 5 nitrogen and oxygen atoms in total. The number of fused-ring (bicyclic) bond motifs is 2. The van der Waals surface area contributed by atoms with Gasteiger partial charge in [-0.2, -0.15) is 0 Å². The van der Waals surface area contributed by atoms with Crippen LogP contribution in [0.5, 0.6) is 0 Å². The Labute approximate surface area is 301 Å². The summed E-state index contributed by atoms with van der Waals surface area (Å²) in [6, 6.07) is 59.0. The lowest BCUT2D eigenvalue weighted by Gasteiger charge is -2.14. The van der Waals surface area contributed by atoms with Gasteiger partial charge in [0.2, 0.25) is 0 Å². The Bertz CT molecular complexity index is 2740. The number of nitrogens with zero attached hydrogens (tertiary/aromatic N) is 4. The van der Waals surface area contributed by atoms with Gasteiger partial charge >= 0.3 is 5.69 Å². The predicted molar refractivity (Wildman–Crippen MR) is 214 cm³/mol. The van der Waals surface area contributed by atoms with Crippen molar-refractivity contribution in [1.82, 2.24) is 19.1 Å². The largest absolute Gasteiger partial charge is 0.328 e. The second-order valence-corrected chi connectivity index (χ2v) is 13.1. The lowest BCUT2D eigenvalue weighted by molar-refractivity contribution is 0.795. The van der Waals surface area contributed by atoms with Crippen molar-refractivity contribution in [3.05, 3.63) is 180 Å². The molecule has 0 bridgehead atoms. The molecule has 0 unspecified atom stereocenters. The molecule has 0 saturated heterocycles. The SMILES string of the molecule is Cn1c(=O)n(C)c2c(-c3ccc(-c4ccc(-c5ccc(-c6cc(-c7ccccc7)nc(-c7ccccc7)n6)cc5)c5ccccc45)cc3)cccc21. The topological polar surface area (TPSA) is 52.7 Å². The van der Waals surface area contributed by atoms with E-state index in [1.807, 2.05) is 62.6 Å². The molecule has 248 valence electrons. The summed E-state index contributed by atoms with van der Waals surface area (Å²) in [5.74, 6) is 0.707. The van der Waals surface area contributed by atoms with Gasteiger partial charge in [0.15, 0.2) is 5.82 Å². The molecule has 0 fully saturated rings. The number of aromatic nitrogens is 4. The summed E-state index contributed by atoms with van der Waals surface area (Å²) in [6.45, 7) is 0. The van der Waals surface area contributed by atoms with E-state index in [1.165, 1.54) is 21.9 Å². The van der Waals surface area contributed by atoms with Crippen molar-refractivity contribution in [1.29, 1.82) is 0 Å². The molecular formula is C47H34N4O. The molecule has 0 aliphatic heterocycles. The highest BCUT2D eigenvalue weighted by Crippen LogP contribution is 2.38. The number of aryl methyl sites for hydroxylation is 2. The van der Waals surface area contributed by atoms with Gasteiger partial charge in [0.25, 0.3) is 0 Å². The smallest absolute Gasteiger partial charge is 0.295 e. The zero-order valence-electron chi connectivity index (χ0n) is 28.9. The van der Waals surface area contributed by atoms with E-state index in [9.17, 15) is 4.79 Å². The fraction of sp³-hybridized carbons (Fsp3) is 0.0426. The molecule has 2 heterocycles. The Morgan fingerprint density at radius 1 is 0.404 bits per heavy atom. The summed E-state index contributed by atoms with van der Waals surface area (Å²) in [5, 5.41) is 2.39. The van der Waals surface area contributed by atoms with Crippen LogP contribution in [0.4, 0.5) is 0 Å². The zero-order chi connectivity index (χ0) is 35.2. The van der Waals surface area contributed by atoms with Gasteiger partial charge in [-0.25, -0.2) is 14.8 Å². The normalized spacial score (nSPS) is 11.3. The van der Waals surface area contributed by atoms with Crippen LogP contribution in [0.3, 0.4) is 0 Å². The highest BCUT2D eigenvalue weighted by Gasteiger charge is 2.15. The number of rotatable bonds is 6. The lowest BCUT2D eigenvalue weighted by atomic mass is 9.91. The van der Waals surface area contributed by atoms with Gasteiger partial charge in [0, 0.05) is 36.3 Å². The molecule has 2 aromatic heterocycles. The molecule has 0 N–H and O–H groups in total. The maximum absolute atomic E-state index is 12.7. The van der Waals surface area contributed by atoms with Crippen LogP contribution in [-0.4, -0.2) is 19.1 Å². The first kappa shape index (κ1) is 31.2. The van der Waals surface area contributed by atoms with Crippen molar-refractivity contribution in [2.24, 2.45) is 14.1 Å². The van der Waals surface area contributed by atoms with Gasteiger partial charge in [0.05, 0.1) is 22.4 Å². The summed E-state index contributed by atoms with van der Waals surface area (Å²) in [5.41, 5.74) is 13.5. The highest BCUT2D eigenvalue weighted by molar-refractivity contribution is 6.05. The van der Waals surface area contributed by atoms with E-state index in [0.717, 1.165) is 61.4 Å². The number of hydrogen-bond acceptors (Lipinski definition) is 3. The van der Waals surface area contributed by atoms with Crippen molar-refractivity contribution >= 4 is 21.8 Å². The minimum Gasteiger partial charge on any atom is -0.295 e. The van der Waals surface area contributed by atoms with E-state index in [4.69, 9.17) is 9.97 Å². The monoisotopic (exact) mass is 670 g/mol. The maximum atomic E-state index is 12.7. The summed E-state index contributed by atoms with van der Waals surface area (Å²) < 4.78 is 3.43. The Morgan fingerprint density at radius 3 is 1.42 bits per heavy atom. The van der Waals surface area contributed by atoms with Crippen LogP contribution in [0, 0.1) is 0 Å². The number of benzene rings is 7. The fourth-order valence-electron chi connectivity index (χ4n) is 7.33. The van der Waals surface area contributed by atoms with Gasteiger partial charge in [0.1, 0.15) is 0 Å². The second kappa shape index (κ2) is 12.8. The van der Waals surface area contributed by atoms with Crippen molar-refractivity contribution in [3.8, 4) is 67.3 Å². The molecule has 0 saturated carbocycles. The van der Waals surface area contributed by atoms with Crippen LogP contribution >= 0.6 is 0 Å². The third-order valence-corrected chi connectivity index (χ3v) is 10.0. The van der Waals surface area contributed by atoms with Gasteiger partial charge < -0.3 is 0 Å². The Kier molecular flexibility index (Phi) is 7.67. The van der Waals surface area contributed by atoms with E-state index >= 15 is 0 Å². The third kappa shape index (κ3) is 5.40. The molecule has 0 aliphatic rings. The number of para-hydroxylation sites is 1. The Balaban J connectivity index is 1.07. The molecule has 0 atom stereocenters. The molecule has 7 aromatic carbocycles. The van der Waals surface area contributed by atoms with Crippen LogP contribution in [0.25, 0.3) is 89.1 Å². The maximum Gasteiger partial charge on any atom is 0.328 e. The number of imidazole rings is 1. The summed E-state index contributed by atoms with van der Waals surface area (Å²) in [4.78, 5) is 22.7. The fourth-order valence-corrected chi connectivity index (χ4v) is 7.33. The molecule has 9 rings (SSSR count). The molecule has 0 radical (unpaired) electrons. The summed E-state index contributed by atoms with van der Waals surface area (Å²) in [6.07, 6.45) is 0. The van der Waals surface area contributed by atoms with Gasteiger partial charge in [-0.05, 0) is 50.7 Å². The van der Waals surface area contributed by atoms with Crippen LogP contribution in [0.1, 0.15) is 0 Å². The minimum atomic E-state index is -0.0244. The zero-order valence-corrected chi connectivity index (χ0v) is 28.9. The predicted octanol–water partition coefficient (Wildman–Crippen LogP) is 10.8. The van der Waals surface area contributed by atoms with Crippen molar-refractivity contribution < 1.29 is 0 Å². The first-order valence-electron chi connectivity index (χ1n) is 17.4.